The number of anilines is 1. The minimum Gasteiger partial charge on any atom is -0.479 e. The lowest BCUT2D eigenvalue weighted by atomic mass is 9.79. The highest BCUT2D eigenvalue weighted by atomic mass is 16.4. The van der Waals surface area contributed by atoms with Crippen molar-refractivity contribution in [2.24, 2.45) is 5.92 Å². The van der Waals surface area contributed by atoms with Gasteiger partial charge in [0.15, 0.2) is 0 Å². The minimum absolute atomic E-state index is 0.0448. The molecule has 3 N–H and O–H groups in total. The van der Waals surface area contributed by atoms with Crippen molar-refractivity contribution in [1.82, 2.24) is 5.32 Å². The molecule has 98 valence electrons. The Kier molecular flexibility index (Phi) is 3.57. The fourth-order valence-corrected chi connectivity index (χ4v) is 2.54. The van der Waals surface area contributed by atoms with E-state index in [9.17, 15) is 9.90 Å². The van der Waals surface area contributed by atoms with Gasteiger partial charge in [0, 0.05) is 18.2 Å². The third-order valence-electron chi connectivity index (χ3n) is 3.87. The smallest absolute Gasteiger partial charge is 0.329 e. The number of rotatable bonds is 3. The van der Waals surface area contributed by atoms with Gasteiger partial charge in [-0.05, 0) is 31.5 Å². The number of carboxylic acid groups (broad SMARTS) is 1. The Hall–Kier alpha value is -1.55. The van der Waals surface area contributed by atoms with Crippen molar-refractivity contribution >= 4 is 11.7 Å². The van der Waals surface area contributed by atoms with Crippen LogP contribution in [0.5, 0.6) is 0 Å². The molecule has 4 heteroatoms. The van der Waals surface area contributed by atoms with Crippen molar-refractivity contribution in [2.75, 3.05) is 18.4 Å². The largest absolute Gasteiger partial charge is 0.479 e. The summed E-state index contributed by atoms with van der Waals surface area (Å²) in [5.41, 5.74) is 1.12. The number of para-hydroxylation sites is 1. The second kappa shape index (κ2) is 4.98. The van der Waals surface area contributed by atoms with Crippen molar-refractivity contribution in [3.05, 3.63) is 29.8 Å². The predicted molar refractivity (Wildman–Crippen MR) is 71.8 cm³/mol. The van der Waals surface area contributed by atoms with E-state index >= 15 is 0 Å². The Morgan fingerprint density at radius 1 is 1.50 bits per heavy atom. The maximum Gasteiger partial charge on any atom is 0.329 e. The molecule has 0 amide bonds. The molecule has 2 rings (SSSR count). The molecule has 1 saturated heterocycles. The number of hydrogen-bond donors (Lipinski definition) is 3. The number of aliphatic carboxylic acids is 1. The number of aryl methyl sites for hydroxylation is 1. The molecule has 1 aromatic rings. The molecule has 1 aliphatic rings. The minimum atomic E-state index is -0.864. The van der Waals surface area contributed by atoms with Gasteiger partial charge in [0.2, 0.25) is 0 Å². The molecule has 0 saturated carbocycles. The standard InChI is InChI=1S/C14H20N2O2/c1-10-5-3-4-6-12(10)16-14(13(17)18)7-8-15-9-11(14)2/h3-6,11,15-16H,7-9H2,1-2H3,(H,17,18). The first-order valence-corrected chi connectivity index (χ1v) is 6.34. The molecular formula is C14H20N2O2. The van der Waals surface area contributed by atoms with Crippen molar-refractivity contribution in [2.45, 2.75) is 25.8 Å². The maximum absolute atomic E-state index is 11.7. The van der Waals surface area contributed by atoms with Crippen LogP contribution in [-0.4, -0.2) is 29.7 Å². The van der Waals surface area contributed by atoms with Gasteiger partial charge in [-0.2, -0.15) is 0 Å². The number of nitrogens with one attached hydrogen (secondary N) is 2. The van der Waals surface area contributed by atoms with E-state index in [0.29, 0.717) is 6.42 Å². The quantitative estimate of drug-likeness (QED) is 0.764. The Labute approximate surface area is 107 Å². The summed E-state index contributed by atoms with van der Waals surface area (Å²) in [4.78, 5) is 11.7. The van der Waals surface area contributed by atoms with Crippen molar-refractivity contribution in [3.8, 4) is 0 Å². The summed E-state index contributed by atoms with van der Waals surface area (Å²) in [5.74, 6) is -0.719. The average molecular weight is 248 g/mol. The summed E-state index contributed by atoms with van der Waals surface area (Å²) in [5, 5.41) is 16.1. The van der Waals surface area contributed by atoms with Crippen molar-refractivity contribution in [1.29, 1.82) is 0 Å². The fraction of sp³-hybridized carbons (Fsp3) is 0.500. The Bertz CT molecular complexity index is 447. The molecule has 0 aliphatic carbocycles. The van der Waals surface area contributed by atoms with E-state index in [0.717, 1.165) is 24.3 Å². The lowest BCUT2D eigenvalue weighted by Crippen LogP contribution is -2.59. The monoisotopic (exact) mass is 248 g/mol. The predicted octanol–water partition coefficient (Wildman–Crippen LogP) is 1.86. The molecule has 1 aliphatic heterocycles. The summed E-state index contributed by atoms with van der Waals surface area (Å²) in [6.45, 7) is 5.43. The molecule has 4 nitrogen and oxygen atoms in total. The molecule has 2 atom stereocenters. The van der Waals surface area contributed by atoms with Gasteiger partial charge in [-0.25, -0.2) is 4.79 Å². The fourth-order valence-electron chi connectivity index (χ4n) is 2.54. The van der Waals surface area contributed by atoms with Crippen LogP contribution in [0.1, 0.15) is 18.9 Å². The second-order valence-electron chi connectivity index (χ2n) is 5.07. The van der Waals surface area contributed by atoms with Crippen molar-refractivity contribution in [3.63, 3.8) is 0 Å². The van der Waals surface area contributed by atoms with Gasteiger partial charge in [0.05, 0.1) is 0 Å². The third kappa shape index (κ3) is 2.20. The van der Waals surface area contributed by atoms with Gasteiger partial charge in [-0.3, -0.25) is 0 Å². The zero-order valence-corrected chi connectivity index (χ0v) is 10.9. The molecule has 0 aromatic heterocycles. The average Bonchev–Trinajstić information content (AvgIpc) is 2.34. The zero-order chi connectivity index (χ0) is 13.2. The highest BCUT2D eigenvalue weighted by Crippen LogP contribution is 2.30. The van der Waals surface area contributed by atoms with Gasteiger partial charge in [0.1, 0.15) is 5.54 Å². The van der Waals surface area contributed by atoms with Gasteiger partial charge in [-0.1, -0.05) is 25.1 Å². The highest BCUT2D eigenvalue weighted by molar-refractivity contribution is 5.84. The van der Waals surface area contributed by atoms with E-state index < -0.39 is 11.5 Å². The van der Waals surface area contributed by atoms with Crippen LogP contribution in [0.3, 0.4) is 0 Å². The van der Waals surface area contributed by atoms with Gasteiger partial charge < -0.3 is 15.7 Å². The van der Waals surface area contributed by atoms with Crippen LogP contribution in [0.4, 0.5) is 5.69 Å². The van der Waals surface area contributed by atoms with Gasteiger partial charge >= 0.3 is 5.97 Å². The third-order valence-corrected chi connectivity index (χ3v) is 3.87. The molecule has 1 fully saturated rings. The van der Waals surface area contributed by atoms with E-state index in [2.05, 4.69) is 10.6 Å². The van der Waals surface area contributed by atoms with Crippen molar-refractivity contribution < 1.29 is 9.90 Å². The maximum atomic E-state index is 11.7. The summed E-state index contributed by atoms with van der Waals surface area (Å²) in [6, 6.07) is 7.81. The molecule has 1 aromatic carbocycles. The summed E-state index contributed by atoms with van der Waals surface area (Å²) in [7, 11) is 0. The topological polar surface area (TPSA) is 61.4 Å². The van der Waals surface area contributed by atoms with Crippen LogP contribution < -0.4 is 10.6 Å². The lowest BCUT2D eigenvalue weighted by molar-refractivity contribution is -0.145. The molecule has 2 unspecified atom stereocenters. The van der Waals surface area contributed by atoms with Gasteiger partial charge in [-0.15, -0.1) is 0 Å². The molecule has 0 spiro atoms. The zero-order valence-electron chi connectivity index (χ0n) is 10.9. The number of piperidine rings is 1. The molecule has 18 heavy (non-hydrogen) atoms. The first-order valence-electron chi connectivity index (χ1n) is 6.34. The molecule has 0 radical (unpaired) electrons. The van der Waals surface area contributed by atoms with Crippen LogP contribution in [0.2, 0.25) is 0 Å². The first kappa shape index (κ1) is 12.9. The molecule has 1 heterocycles. The summed E-state index contributed by atoms with van der Waals surface area (Å²) < 4.78 is 0. The van der Waals surface area contributed by atoms with E-state index in [-0.39, 0.29) is 5.92 Å². The highest BCUT2D eigenvalue weighted by Gasteiger charge is 2.45. The Morgan fingerprint density at radius 2 is 2.22 bits per heavy atom. The van der Waals surface area contributed by atoms with Crippen LogP contribution >= 0.6 is 0 Å². The van der Waals surface area contributed by atoms with Gasteiger partial charge in [0.25, 0.3) is 0 Å². The Balaban J connectivity index is 2.32. The normalized spacial score (nSPS) is 27.8. The van der Waals surface area contributed by atoms with Crippen LogP contribution in [0, 0.1) is 12.8 Å². The Morgan fingerprint density at radius 3 is 2.83 bits per heavy atom. The van der Waals surface area contributed by atoms with Crippen LogP contribution in [0.15, 0.2) is 24.3 Å². The first-order chi connectivity index (χ1) is 8.56. The summed E-state index contributed by atoms with van der Waals surface area (Å²) >= 11 is 0. The number of hydrogen-bond acceptors (Lipinski definition) is 3. The SMILES string of the molecule is Cc1ccccc1NC1(C(=O)O)CCNCC1C. The van der Waals surface area contributed by atoms with E-state index in [1.165, 1.54) is 0 Å². The summed E-state index contributed by atoms with van der Waals surface area (Å²) in [6.07, 6.45) is 0.595. The second-order valence-corrected chi connectivity index (χ2v) is 5.07. The van der Waals surface area contributed by atoms with E-state index in [4.69, 9.17) is 0 Å². The lowest BCUT2D eigenvalue weighted by Gasteiger charge is -2.41. The number of carboxylic acids is 1. The molecular weight excluding hydrogens is 228 g/mol. The number of benzene rings is 1. The molecule has 0 bridgehead atoms. The van der Waals surface area contributed by atoms with E-state index in [1.807, 2.05) is 38.1 Å². The van der Waals surface area contributed by atoms with Crippen LogP contribution in [-0.2, 0) is 4.79 Å². The number of carbonyl (C=O) groups is 1. The van der Waals surface area contributed by atoms with E-state index in [1.54, 1.807) is 0 Å². The van der Waals surface area contributed by atoms with Crippen LogP contribution in [0.25, 0.3) is 0 Å².